The molecule has 124 valence electrons. The van der Waals surface area contributed by atoms with Gasteiger partial charge in [-0.25, -0.2) is 4.98 Å². The number of aromatic nitrogens is 1. The van der Waals surface area contributed by atoms with E-state index in [-0.39, 0.29) is 11.3 Å². The van der Waals surface area contributed by atoms with E-state index in [0.717, 1.165) is 37.1 Å². The van der Waals surface area contributed by atoms with Gasteiger partial charge in [-0.1, -0.05) is 0 Å². The average molecular weight is 315 g/mol. The second-order valence-electron chi connectivity index (χ2n) is 7.10. The number of fused-ring (bicyclic) bond motifs is 1. The van der Waals surface area contributed by atoms with Crippen LogP contribution in [0.4, 0.5) is 5.69 Å². The Morgan fingerprint density at radius 2 is 2.22 bits per heavy atom. The molecule has 1 fully saturated rings. The second kappa shape index (κ2) is 5.96. The van der Waals surface area contributed by atoms with Gasteiger partial charge in [0.15, 0.2) is 11.5 Å². The molecule has 3 rings (SSSR count). The van der Waals surface area contributed by atoms with Crippen LogP contribution in [0.2, 0.25) is 0 Å². The maximum atomic E-state index is 12.8. The Kier molecular flexibility index (Phi) is 4.15. The van der Waals surface area contributed by atoms with Crippen LogP contribution in [0, 0.1) is 12.3 Å². The molecule has 0 radical (unpaired) electrons. The third-order valence-electron chi connectivity index (χ3n) is 4.76. The van der Waals surface area contributed by atoms with Crippen LogP contribution in [0.3, 0.4) is 0 Å². The number of hydrogen-bond donors (Lipinski definition) is 1. The van der Waals surface area contributed by atoms with Crippen LogP contribution in [0.1, 0.15) is 39.5 Å². The topological polar surface area (TPSA) is 58.4 Å². The van der Waals surface area contributed by atoms with Crippen molar-refractivity contribution in [2.24, 2.45) is 5.41 Å². The summed E-state index contributed by atoms with van der Waals surface area (Å²) in [5.74, 6) is 0.716. The van der Waals surface area contributed by atoms with Crippen LogP contribution >= 0.6 is 0 Å². The lowest BCUT2D eigenvalue weighted by molar-refractivity contribution is -0.128. The number of carbonyl (C=O) groups is 1. The zero-order valence-corrected chi connectivity index (χ0v) is 14.3. The summed E-state index contributed by atoms with van der Waals surface area (Å²) in [6, 6.07) is 6.08. The van der Waals surface area contributed by atoms with Crippen molar-refractivity contribution in [2.45, 2.75) is 46.6 Å². The molecule has 1 aliphatic heterocycles. The molecule has 0 spiro atoms. The summed E-state index contributed by atoms with van der Waals surface area (Å²) in [5.41, 5.74) is 1.93. The van der Waals surface area contributed by atoms with Gasteiger partial charge in [0, 0.05) is 31.3 Å². The van der Waals surface area contributed by atoms with E-state index in [2.05, 4.69) is 36.0 Å². The highest BCUT2D eigenvalue weighted by Gasteiger charge is 2.38. The zero-order valence-electron chi connectivity index (χ0n) is 14.3. The van der Waals surface area contributed by atoms with Crippen molar-refractivity contribution in [2.75, 3.05) is 18.4 Å². The first-order chi connectivity index (χ1) is 10.9. The van der Waals surface area contributed by atoms with Gasteiger partial charge >= 0.3 is 0 Å². The van der Waals surface area contributed by atoms with Crippen molar-refractivity contribution in [3.63, 3.8) is 0 Å². The number of anilines is 1. The number of rotatable bonds is 3. The van der Waals surface area contributed by atoms with Crippen molar-refractivity contribution in [3.8, 4) is 0 Å². The summed E-state index contributed by atoms with van der Waals surface area (Å²) in [5, 5.41) is 3.06. The number of hydrogen-bond acceptors (Lipinski definition) is 4. The minimum Gasteiger partial charge on any atom is -0.441 e. The van der Waals surface area contributed by atoms with Crippen molar-refractivity contribution in [1.29, 1.82) is 0 Å². The molecule has 1 saturated heterocycles. The molecule has 1 amide bonds. The SMILES string of the molecule is Cc1nc2ccc(NC(=O)C3(C)CCCN(C(C)C)C3)cc2o1. The molecule has 1 atom stereocenters. The van der Waals surface area contributed by atoms with Gasteiger partial charge in [-0.2, -0.15) is 0 Å². The lowest BCUT2D eigenvalue weighted by Crippen LogP contribution is -2.50. The van der Waals surface area contributed by atoms with Gasteiger partial charge in [0.1, 0.15) is 5.52 Å². The standard InChI is InChI=1S/C18H25N3O2/c1-12(2)21-9-5-8-18(4,11-21)17(22)20-14-6-7-15-16(10-14)23-13(3)19-15/h6-7,10,12H,5,8-9,11H2,1-4H3,(H,20,22). The highest BCUT2D eigenvalue weighted by molar-refractivity contribution is 5.96. The quantitative estimate of drug-likeness (QED) is 0.940. The minimum atomic E-state index is -0.352. The molecular weight excluding hydrogens is 290 g/mol. The van der Waals surface area contributed by atoms with E-state index < -0.39 is 0 Å². The second-order valence-corrected chi connectivity index (χ2v) is 7.10. The van der Waals surface area contributed by atoms with E-state index in [9.17, 15) is 4.79 Å². The smallest absolute Gasteiger partial charge is 0.231 e. The van der Waals surface area contributed by atoms with E-state index in [1.165, 1.54) is 0 Å². The summed E-state index contributed by atoms with van der Waals surface area (Å²) in [4.78, 5) is 19.5. The Hall–Kier alpha value is -1.88. The van der Waals surface area contributed by atoms with Crippen LogP contribution in [-0.4, -0.2) is 34.9 Å². The van der Waals surface area contributed by atoms with Crippen molar-refractivity contribution < 1.29 is 9.21 Å². The first-order valence-electron chi connectivity index (χ1n) is 8.30. The monoisotopic (exact) mass is 315 g/mol. The van der Waals surface area contributed by atoms with E-state index in [1.54, 1.807) is 0 Å². The molecule has 0 aliphatic carbocycles. The molecule has 5 nitrogen and oxygen atoms in total. The molecule has 23 heavy (non-hydrogen) atoms. The third-order valence-corrected chi connectivity index (χ3v) is 4.76. The number of carbonyl (C=O) groups excluding carboxylic acids is 1. The number of oxazole rings is 1. The summed E-state index contributed by atoms with van der Waals surface area (Å²) in [6.07, 6.45) is 1.98. The normalized spacial score (nSPS) is 22.7. The average Bonchev–Trinajstić information content (AvgIpc) is 2.86. The van der Waals surface area contributed by atoms with Gasteiger partial charge in [0.25, 0.3) is 0 Å². The number of benzene rings is 1. The molecule has 1 unspecified atom stereocenters. The number of nitrogens with one attached hydrogen (secondary N) is 1. The highest BCUT2D eigenvalue weighted by Crippen LogP contribution is 2.32. The van der Waals surface area contributed by atoms with Crippen molar-refractivity contribution in [1.82, 2.24) is 9.88 Å². The lowest BCUT2D eigenvalue weighted by atomic mass is 9.80. The summed E-state index contributed by atoms with van der Waals surface area (Å²) in [7, 11) is 0. The Morgan fingerprint density at radius 3 is 2.96 bits per heavy atom. The number of likely N-dealkylation sites (tertiary alicyclic amines) is 1. The van der Waals surface area contributed by atoms with E-state index in [0.29, 0.717) is 17.5 Å². The van der Waals surface area contributed by atoms with Gasteiger partial charge in [-0.05, 0) is 52.3 Å². The fraction of sp³-hybridized carbons (Fsp3) is 0.556. The third kappa shape index (κ3) is 3.24. The summed E-state index contributed by atoms with van der Waals surface area (Å²) in [6.45, 7) is 10.1. The summed E-state index contributed by atoms with van der Waals surface area (Å²) < 4.78 is 5.54. The van der Waals surface area contributed by atoms with Gasteiger partial charge in [-0.3, -0.25) is 9.69 Å². The van der Waals surface area contributed by atoms with Crippen LogP contribution in [0.25, 0.3) is 11.1 Å². The number of piperidine rings is 1. The predicted molar refractivity (Wildman–Crippen MR) is 91.4 cm³/mol. The largest absolute Gasteiger partial charge is 0.441 e. The minimum absolute atomic E-state index is 0.0819. The molecule has 0 bridgehead atoms. The summed E-state index contributed by atoms with van der Waals surface area (Å²) >= 11 is 0. The predicted octanol–water partition coefficient (Wildman–Crippen LogP) is 3.59. The molecule has 2 aromatic rings. The van der Waals surface area contributed by atoms with Gasteiger partial charge < -0.3 is 9.73 Å². The van der Waals surface area contributed by atoms with Gasteiger partial charge in [0.05, 0.1) is 5.41 Å². The first kappa shape index (κ1) is 16.0. The van der Waals surface area contributed by atoms with Crippen molar-refractivity contribution >= 4 is 22.7 Å². The Morgan fingerprint density at radius 1 is 1.43 bits per heavy atom. The highest BCUT2D eigenvalue weighted by atomic mass is 16.3. The lowest BCUT2D eigenvalue weighted by Gasteiger charge is -2.41. The van der Waals surface area contributed by atoms with Crippen LogP contribution in [-0.2, 0) is 4.79 Å². The van der Waals surface area contributed by atoms with Gasteiger partial charge in [0.2, 0.25) is 5.91 Å². The number of nitrogens with zero attached hydrogens (tertiary/aromatic N) is 2. The fourth-order valence-corrected chi connectivity index (χ4v) is 3.30. The number of aryl methyl sites for hydroxylation is 1. The fourth-order valence-electron chi connectivity index (χ4n) is 3.30. The molecular formula is C18H25N3O2. The Bertz CT molecular complexity index is 722. The van der Waals surface area contributed by atoms with Crippen LogP contribution in [0.15, 0.2) is 22.6 Å². The Labute approximate surface area is 137 Å². The Balaban J connectivity index is 1.76. The van der Waals surface area contributed by atoms with E-state index >= 15 is 0 Å². The van der Waals surface area contributed by atoms with Gasteiger partial charge in [-0.15, -0.1) is 0 Å². The van der Waals surface area contributed by atoms with Crippen LogP contribution < -0.4 is 5.32 Å². The molecule has 5 heteroatoms. The van der Waals surface area contributed by atoms with E-state index in [1.807, 2.05) is 25.1 Å². The molecule has 1 aromatic carbocycles. The van der Waals surface area contributed by atoms with Crippen molar-refractivity contribution in [3.05, 3.63) is 24.1 Å². The first-order valence-corrected chi connectivity index (χ1v) is 8.30. The van der Waals surface area contributed by atoms with Crippen LogP contribution in [0.5, 0.6) is 0 Å². The maximum absolute atomic E-state index is 12.8. The molecule has 2 heterocycles. The molecule has 1 N–H and O–H groups in total. The maximum Gasteiger partial charge on any atom is 0.231 e. The molecule has 0 saturated carbocycles. The number of amides is 1. The molecule has 1 aromatic heterocycles. The zero-order chi connectivity index (χ0) is 16.6. The molecule has 1 aliphatic rings. The van der Waals surface area contributed by atoms with E-state index in [4.69, 9.17) is 4.42 Å².